The van der Waals surface area contributed by atoms with E-state index < -0.39 is 0 Å². The Morgan fingerprint density at radius 1 is 1.20 bits per heavy atom. The van der Waals surface area contributed by atoms with Gasteiger partial charge in [-0.2, -0.15) is 15.0 Å². The van der Waals surface area contributed by atoms with E-state index in [-0.39, 0.29) is 6.01 Å². The van der Waals surface area contributed by atoms with Crippen LogP contribution in [0.4, 0.5) is 5.95 Å². The van der Waals surface area contributed by atoms with Crippen molar-refractivity contribution in [2.75, 3.05) is 19.0 Å². The van der Waals surface area contributed by atoms with Crippen molar-refractivity contribution in [1.82, 2.24) is 15.0 Å². The van der Waals surface area contributed by atoms with Crippen LogP contribution in [0.3, 0.4) is 0 Å². The van der Waals surface area contributed by atoms with Crippen molar-refractivity contribution in [1.29, 1.82) is 0 Å². The number of hydrogen-bond donors (Lipinski definition) is 1. The van der Waals surface area contributed by atoms with Crippen LogP contribution in [0.25, 0.3) is 11.4 Å². The zero-order valence-electron chi connectivity index (χ0n) is 11.2. The Bertz CT molecular complexity index is 607. The average molecular weight is 313 g/mol. The summed E-state index contributed by atoms with van der Waals surface area (Å²) in [5.41, 5.74) is 0.677. The fourth-order valence-corrected chi connectivity index (χ4v) is 2.05. The lowest BCUT2D eigenvalue weighted by Crippen LogP contribution is -2.07. The van der Waals surface area contributed by atoms with E-state index in [4.69, 9.17) is 27.9 Å². The molecule has 0 fully saturated rings. The van der Waals surface area contributed by atoms with Gasteiger partial charge in [0.2, 0.25) is 5.95 Å². The van der Waals surface area contributed by atoms with Crippen molar-refractivity contribution >= 4 is 29.2 Å². The molecule has 0 unspecified atom stereocenters. The summed E-state index contributed by atoms with van der Waals surface area (Å²) in [5, 5.41) is 4.14. The molecule has 0 atom stereocenters. The zero-order valence-corrected chi connectivity index (χ0v) is 12.7. The van der Waals surface area contributed by atoms with E-state index in [1.54, 1.807) is 18.2 Å². The number of methoxy groups -OCH3 is 1. The lowest BCUT2D eigenvalue weighted by atomic mass is 10.2. The maximum atomic E-state index is 6.17. The van der Waals surface area contributed by atoms with Gasteiger partial charge in [0, 0.05) is 17.1 Å². The summed E-state index contributed by atoms with van der Waals surface area (Å²) in [6.45, 7) is 2.82. The van der Waals surface area contributed by atoms with Crippen LogP contribution in [0.1, 0.15) is 13.3 Å². The van der Waals surface area contributed by atoms with Crippen molar-refractivity contribution in [3.8, 4) is 17.4 Å². The van der Waals surface area contributed by atoms with Crippen molar-refractivity contribution in [3.63, 3.8) is 0 Å². The highest BCUT2D eigenvalue weighted by Crippen LogP contribution is 2.29. The van der Waals surface area contributed by atoms with Gasteiger partial charge in [-0.25, -0.2) is 0 Å². The smallest absolute Gasteiger partial charge is 0.321 e. The number of benzene rings is 1. The van der Waals surface area contributed by atoms with Gasteiger partial charge in [-0.05, 0) is 24.6 Å². The second kappa shape index (κ2) is 6.72. The molecule has 1 heterocycles. The molecule has 0 spiro atoms. The highest BCUT2D eigenvalue weighted by molar-refractivity contribution is 6.36. The van der Waals surface area contributed by atoms with Gasteiger partial charge in [-0.3, -0.25) is 0 Å². The standard InChI is InChI=1S/C13H14Cl2N4O/c1-3-6-16-12-17-11(18-13(19-12)20-2)9-5-4-8(14)7-10(9)15/h4-5,7H,3,6H2,1-2H3,(H,16,17,18,19). The lowest BCUT2D eigenvalue weighted by Gasteiger charge is -2.08. The van der Waals surface area contributed by atoms with Crippen LogP contribution in [-0.4, -0.2) is 28.6 Å². The number of anilines is 1. The lowest BCUT2D eigenvalue weighted by molar-refractivity contribution is 0.379. The van der Waals surface area contributed by atoms with Crippen LogP contribution in [0, 0.1) is 0 Å². The minimum absolute atomic E-state index is 0.236. The first-order valence-electron chi connectivity index (χ1n) is 6.13. The van der Waals surface area contributed by atoms with Gasteiger partial charge in [-0.1, -0.05) is 30.1 Å². The molecule has 7 heteroatoms. The third-order valence-electron chi connectivity index (χ3n) is 2.50. The minimum Gasteiger partial charge on any atom is -0.467 e. The Kier molecular flexibility index (Phi) is 4.98. The maximum absolute atomic E-state index is 6.17. The molecule has 0 aliphatic rings. The van der Waals surface area contributed by atoms with Gasteiger partial charge in [0.05, 0.1) is 12.1 Å². The van der Waals surface area contributed by atoms with E-state index in [0.29, 0.717) is 27.4 Å². The van der Waals surface area contributed by atoms with Gasteiger partial charge >= 0.3 is 6.01 Å². The number of aromatic nitrogens is 3. The molecule has 1 aromatic heterocycles. The van der Waals surface area contributed by atoms with Gasteiger partial charge < -0.3 is 10.1 Å². The molecule has 5 nitrogen and oxygen atoms in total. The second-order valence-corrected chi connectivity index (χ2v) is 4.86. The highest BCUT2D eigenvalue weighted by Gasteiger charge is 2.12. The van der Waals surface area contributed by atoms with E-state index in [1.165, 1.54) is 7.11 Å². The highest BCUT2D eigenvalue weighted by atomic mass is 35.5. The van der Waals surface area contributed by atoms with Crippen molar-refractivity contribution in [3.05, 3.63) is 28.2 Å². The molecule has 0 amide bonds. The summed E-state index contributed by atoms with van der Waals surface area (Å²) in [5.74, 6) is 0.900. The molecule has 0 saturated carbocycles. The molecule has 20 heavy (non-hydrogen) atoms. The topological polar surface area (TPSA) is 59.9 Å². The molecule has 1 N–H and O–H groups in total. The third-order valence-corrected chi connectivity index (χ3v) is 3.05. The number of hydrogen-bond acceptors (Lipinski definition) is 5. The molecule has 2 rings (SSSR count). The summed E-state index contributed by atoms with van der Waals surface area (Å²) in [4.78, 5) is 12.7. The first-order valence-corrected chi connectivity index (χ1v) is 6.89. The first-order chi connectivity index (χ1) is 9.63. The SMILES string of the molecule is CCCNc1nc(OC)nc(-c2ccc(Cl)cc2Cl)n1. The average Bonchev–Trinajstić information content (AvgIpc) is 2.44. The second-order valence-electron chi connectivity index (χ2n) is 4.02. The fourth-order valence-electron chi connectivity index (χ4n) is 1.55. The number of halogens is 2. The molecular weight excluding hydrogens is 299 g/mol. The van der Waals surface area contributed by atoms with Crippen molar-refractivity contribution in [2.45, 2.75) is 13.3 Å². The van der Waals surface area contributed by atoms with Gasteiger partial charge in [0.15, 0.2) is 5.82 Å². The van der Waals surface area contributed by atoms with Crippen LogP contribution in [0.15, 0.2) is 18.2 Å². The van der Waals surface area contributed by atoms with Crippen LogP contribution >= 0.6 is 23.2 Å². The molecule has 2 aromatic rings. The maximum Gasteiger partial charge on any atom is 0.321 e. The Balaban J connectivity index is 2.44. The number of nitrogens with one attached hydrogen (secondary N) is 1. The summed E-state index contributed by atoms with van der Waals surface area (Å²) in [6.07, 6.45) is 0.963. The largest absolute Gasteiger partial charge is 0.467 e. The molecule has 0 aliphatic carbocycles. The Morgan fingerprint density at radius 2 is 2.00 bits per heavy atom. The number of ether oxygens (including phenoxy) is 1. The molecule has 0 saturated heterocycles. The fraction of sp³-hybridized carbons (Fsp3) is 0.308. The number of rotatable bonds is 5. The Labute approximate surface area is 127 Å². The van der Waals surface area contributed by atoms with Crippen molar-refractivity contribution in [2.24, 2.45) is 0 Å². The van der Waals surface area contributed by atoms with Gasteiger partial charge in [-0.15, -0.1) is 0 Å². The number of nitrogens with zero attached hydrogens (tertiary/aromatic N) is 3. The molecule has 0 bridgehead atoms. The quantitative estimate of drug-likeness (QED) is 0.912. The molecular formula is C13H14Cl2N4O. The van der Waals surface area contributed by atoms with Gasteiger partial charge in [0.1, 0.15) is 0 Å². The minimum atomic E-state index is 0.236. The summed E-state index contributed by atoms with van der Waals surface area (Å²) >= 11 is 12.1. The Morgan fingerprint density at radius 3 is 2.65 bits per heavy atom. The molecule has 106 valence electrons. The normalized spacial score (nSPS) is 10.4. The predicted octanol–water partition coefficient (Wildman–Crippen LogP) is 3.68. The zero-order chi connectivity index (χ0) is 14.5. The molecule has 1 aromatic carbocycles. The first kappa shape index (κ1) is 14.8. The predicted molar refractivity (Wildman–Crippen MR) is 80.6 cm³/mol. The van der Waals surface area contributed by atoms with Crippen LogP contribution in [-0.2, 0) is 0 Å². The molecule has 0 aliphatic heterocycles. The Hall–Kier alpha value is -1.59. The van der Waals surface area contributed by atoms with E-state index in [0.717, 1.165) is 13.0 Å². The summed E-state index contributed by atoms with van der Waals surface area (Å²) in [6, 6.07) is 5.38. The summed E-state index contributed by atoms with van der Waals surface area (Å²) in [7, 11) is 1.51. The van der Waals surface area contributed by atoms with Gasteiger partial charge in [0.25, 0.3) is 0 Å². The van der Waals surface area contributed by atoms with Crippen LogP contribution < -0.4 is 10.1 Å². The van der Waals surface area contributed by atoms with E-state index in [2.05, 4.69) is 27.2 Å². The van der Waals surface area contributed by atoms with Crippen molar-refractivity contribution < 1.29 is 4.74 Å². The summed E-state index contributed by atoms with van der Waals surface area (Å²) < 4.78 is 5.09. The van der Waals surface area contributed by atoms with E-state index in [1.807, 2.05) is 0 Å². The monoisotopic (exact) mass is 312 g/mol. The van der Waals surface area contributed by atoms with Crippen LogP contribution in [0.2, 0.25) is 10.0 Å². The van der Waals surface area contributed by atoms with E-state index >= 15 is 0 Å². The van der Waals surface area contributed by atoms with Crippen LogP contribution in [0.5, 0.6) is 6.01 Å². The molecule has 0 radical (unpaired) electrons. The van der Waals surface area contributed by atoms with E-state index in [9.17, 15) is 0 Å². The third kappa shape index (κ3) is 3.49.